The molecule has 4 heteroatoms. The van der Waals surface area contributed by atoms with Gasteiger partial charge in [0.25, 0.3) is 0 Å². The monoisotopic (exact) mass is 283 g/mol. The molecule has 0 aliphatic carbocycles. The van der Waals surface area contributed by atoms with E-state index in [-0.39, 0.29) is 0 Å². The van der Waals surface area contributed by atoms with Crippen LogP contribution in [0.4, 0.5) is 5.82 Å². The van der Waals surface area contributed by atoms with Gasteiger partial charge in [-0.2, -0.15) is 5.26 Å². The van der Waals surface area contributed by atoms with Crippen molar-refractivity contribution in [2.24, 2.45) is 0 Å². The lowest BCUT2D eigenvalue weighted by atomic mass is 10.1. The van der Waals surface area contributed by atoms with Crippen molar-refractivity contribution in [3.05, 3.63) is 45.3 Å². The Kier molecular flexibility index (Phi) is 3.45. The maximum Gasteiger partial charge on any atom is 0.147 e. The summed E-state index contributed by atoms with van der Waals surface area (Å²) in [5.41, 5.74) is 2.72. The number of aromatic nitrogens is 1. The molecule has 2 aromatic heterocycles. The highest BCUT2D eigenvalue weighted by Gasteiger charge is 2.30. The molecular formula is C16H17N3S. The van der Waals surface area contributed by atoms with Crippen molar-refractivity contribution in [1.82, 2.24) is 4.98 Å². The third-order valence-electron chi connectivity index (χ3n) is 3.83. The SMILES string of the molecule is Cc1cc(C)c(C#N)c(N2CCCC2c2cccs2)n1. The molecule has 3 nitrogen and oxygen atoms in total. The van der Waals surface area contributed by atoms with Crippen LogP contribution in [0.2, 0.25) is 0 Å². The van der Waals surface area contributed by atoms with E-state index >= 15 is 0 Å². The lowest BCUT2D eigenvalue weighted by Crippen LogP contribution is -2.24. The van der Waals surface area contributed by atoms with E-state index in [4.69, 9.17) is 0 Å². The fourth-order valence-electron chi connectivity index (χ4n) is 2.96. The van der Waals surface area contributed by atoms with Crippen molar-refractivity contribution in [3.8, 4) is 6.07 Å². The Morgan fingerprint density at radius 1 is 1.45 bits per heavy atom. The van der Waals surface area contributed by atoms with Crippen molar-refractivity contribution in [1.29, 1.82) is 5.26 Å². The number of hydrogen-bond donors (Lipinski definition) is 0. The van der Waals surface area contributed by atoms with Gasteiger partial charge >= 0.3 is 0 Å². The van der Waals surface area contributed by atoms with Crippen LogP contribution in [0.3, 0.4) is 0 Å². The minimum absolute atomic E-state index is 0.371. The van der Waals surface area contributed by atoms with E-state index < -0.39 is 0 Å². The summed E-state index contributed by atoms with van der Waals surface area (Å²) in [4.78, 5) is 8.33. The molecule has 0 saturated carbocycles. The highest BCUT2D eigenvalue weighted by Crippen LogP contribution is 2.39. The Morgan fingerprint density at radius 3 is 3.00 bits per heavy atom. The van der Waals surface area contributed by atoms with E-state index in [0.29, 0.717) is 6.04 Å². The van der Waals surface area contributed by atoms with Crippen LogP contribution in [0.15, 0.2) is 23.6 Å². The van der Waals surface area contributed by atoms with Crippen molar-refractivity contribution in [2.75, 3.05) is 11.4 Å². The van der Waals surface area contributed by atoms with Crippen molar-refractivity contribution >= 4 is 17.2 Å². The van der Waals surface area contributed by atoms with Crippen molar-refractivity contribution in [3.63, 3.8) is 0 Å². The first-order valence-electron chi connectivity index (χ1n) is 6.89. The lowest BCUT2D eigenvalue weighted by Gasteiger charge is -2.26. The van der Waals surface area contributed by atoms with E-state index in [1.807, 2.05) is 19.9 Å². The molecule has 0 spiro atoms. The first-order valence-corrected chi connectivity index (χ1v) is 7.77. The van der Waals surface area contributed by atoms with Gasteiger partial charge in [-0.15, -0.1) is 11.3 Å². The predicted molar refractivity (Wildman–Crippen MR) is 82.1 cm³/mol. The van der Waals surface area contributed by atoms with Gasteiger partial charge in [0, 0.05) is 17.1 Å². The van der Waals surface area contributed by atoms with Gasteiger partial charge in [-0.3, -0.25) is 0 Å². The maximum atomic E-state index is 9.45. The Bertz CT molecular complexity index is 655. The molecule has 1 aliphatic rings. The highest BCUT2D eigenvalue weighted by atomic mass is 32.1. The van der Waals surface area contributed by atoms with Crippen molar-refractivity contribution in [2.45, 2.75) is 32.7 Å². The van der Waals surface area contributed by atoms with Gasteiger partial charge in [-0.05, 0) is 49.8 Å². The minimum atomic E-state index is 0.371. The Hall–Kier alpha value is -1.86. The van der Waals surface area contributed by atoms with E-state index in [1.165, 1.54) is 4.88 Å². The summed E-state index contributed by atoms with van der Waals surface area (Å²) in [7, 11) is 0. The molecule has 1 atom stereocenters. The van der Waals surface area contributed by atoms with E-state index in [2.05, 4.69) is 33.5 Å². The van der Waals surface area contributed by atoms with E-state index in [9.17, 15) is 5.26 Å². The molecule has 0 aromatic carbocycles. The van der Waals surface area contributed by atoms with Gasteiger partial charge in [-0.1, -0.05) is 6.07 Å². The maximum absolute atomic E-state index is 9.45. The zero-order chi connectivity index (χ0) is 14.1. The average Bonchev–Trinajstić information content (AvgIpc) is 3.08. The van der Waals surface area contributed by atoms with Crippen LogP contribution < -0.4 is 4.90 Å². The van der Waals surface area contributed by atoms with Gasteiger partial charge in [0.2, 0.25) is 0 Å². The summed E-state index contributed by atoms with van der Waals surface area (Å²) in [5, 5.41) is 11.6. The largest absolute Gasteiger partial charge is 0.348 e. The number of thiophene rings is 1. The number of hydrogen-bond acceptors (Lipinski definition) is 4. The summed E-state index contributed by atoms with van der Waals surface area (Å²) < 4.78 is 0. The second-order valence-corrected chi connectivity index (χ2v) is 6.24. The van der Waals surface area contributed by atoms with Crippen LogP contribution in [-0.4, -0.2) is 11.5 Å². The molecule has 1 fully saturated rings. The van der Waals surface area contributed by atoms with E-state index in [1.54, 1.807) is 11.3 Å². The summed E-state index contributed by atoms with van der Waals surface area (Å²) in [6, 6.07) is 8.97. The molecule has 1 aliphatic heterocycles. The molecule has 102 valence electrons. The zero-order valence-electron chi connectivity index (χ0n) is 11.8. The normalized spacial score (nSPS) is 18.2. The van der Waals surface area contributed by atoms with Crippen LogP contribution in [0.25, 0.3) is 0 Å². The number of pyridine rings is 1. The quantitative estimate of drug-likeness (QED) is 0.837. The number of nitrogens with zero attached hydrogens (tertiary/aromatic N) is 3. The van der Waals surface area contributed by atoms with Crippen LogP contribution in [-0.2, 0) is 0 Å². The highest BCUT2D eigenvalue weighted by molar-refractivity contribution is 7.10. The summed E-state index contributed by atoms with van der Waals surface area (Å²) in [6.07, 6.45) is 2.29. The molecule has 0 N–H and O–H groups in total. The fourth-order valence-corrected chi connectivity index (χ4v) is 3.83. The second-order valence-electron chi connectivity index (χ2n) is 5.26. The molecular weight excluding hydrogens is 266 g/mol. The number of anilines is 1. The van der Waals surface area contributed by atoms with Gasteiger partial charge in [-0.25, -0.2) is 4.98 Å². The van der Waals surface area contributed by atoms with Crippen LogP contribution in [0, 0.1) is 25.2 Å². The van der Waals surface area contributed by atoms with Gasteiger partial charge in [0.1, 0.15) is 11.9 Å². The number of nitriles is 1. The first kappa shape index (κ1) is 13.1. The van der Waals surface area contributed by atoms with Gasteiger partial charge in [0.05, 0.1) is 11.6 Å². The zero-order valence-corrected chi connectivity index (χ0v) is 12.6. The molecule has 0 radical (unpaired) electrons. The topological polar surface area (TPSA) is 39.9 Å². The molecule has 1 saturated heterocycles. The van der Waals surface area contributed by atoms with Gasteiger partial charge < -0.3 is 4.90 Å². The molecule has 0 bridgehead atoms. The summed E-state index contributed by atoms with van der Waals surface area (Å²) >= 11 is 1.79. The van der Waals surface area contributed by atoms with Crippen molar-refractivity contribution < 1.29 is 0 Å². The van der Waals surface area contributed by atoms with Crippen LogP contribution in [0.1, 0.15) is 40.6 Å². The molecule has 0 amide bonds. The lowest BCUT2D eigenvalue weighted by molar-refractivity contribution is 0.723. The summed E-state index contributed by atoms with van der Waals surface area (Å²) in [5.74, 6) is 0.862. The first-order chi connectivity index (χ1) is 9.70. The summed E-state index contributed by atoms with van der Waals surface area (Å²) in [6.45, 7) is 4.97. The third-order valence-corrected chi connectivity index (χ3v) is 4.81. The Balaban J connectivity index is 2.06. The molecule has 3 heterocycles. The molecule has 1 unspecified atom stereocenters. The minimum Gasteiger partial charge on any atom is -0.348 e. The standard InChI is InChI=1S/C16H17N3S/c1-11-9-12(2)18-16(13(11)10-17)19-7-3-5-14(19)15-6-4-8-20-15/h4,6,8-9,14H,3,5,7H2,1-2H3. The van der Waals surface area contributed by atoms with Gasteiger partial charge in [0.15, 0.2) is 0 Å². The third kappa shape index (κ3) is 2.19. The fraction of sp³-hybridized carbons (Fsp3) is 0.375. The van der Waals surface area contributed by atoms with Crippen LogP contribution in [0.5, 0.6) is 0 Å². The number of rotatable bonds is 2. The van der Waals surface area contributed by atoms with Crippen LogP contribution >= 0.6 is 11.3 Å². The molecule has 3 rings (SSSR count). The molecule has 20 heavy (non-hydrogen) atoms. The predicted octanol–water partition coefficient (Wildman–Crippen LogP) is 3.97. The Labute approximate surface area is 123 Å². The molecule has 2 aromatic rings. The number of aryl methyl sites for hydroxylation is 2. The van der Waals surface area contributed by atoms with E-state index in [0.717, 1.165) is 42.0 Å². The second kappa shape index (κ2) is 5.26. The average molecular weight is 283 g/mol. The Morgan fingerprint density at radius 2 is 2.30 bits per heavy atom. The smallest absolute Gasteiger partial charge is 0.147 e.